The van der Waals surface area contributed by atoms with E-state index in [4.69, 9.17) is 18.9 Å². The molecule has 7 heteroatoms. The van der Waals surface area contributed by atoms with Gasteiger partial charge in [-0.05, 0) is 92.6 Å². The number of benzene rings is 3. The Morgan fingerprint density at radius 2 is 1.87 bits per heavy atom. The Balaban J connectivity index is 1.42. The first-order valence-electron chi connectivity index (χ1n) is 13.1. The minimum absolute atomic E-state index is 0.0528. The average Bonchev–Trinajstić information content (AvgIpc) is 3.49. The van der Waals surface area contributed by atoms with Gasteiger partial charge in [0, 0.05) is 23.1 Å². The number of ether oxygens (including phenoxy) is 4. The van der Waals surface area contributed by atoms with Crippen molar-refractivity contribution >= 4 is 5.97 Å². The van der Waals surface area contributed by atoms with Crippen LogP contribution in [0.1, 0.15) is 66.5 Å². The van der Waals surface area contributed by atoms with Gasteiger partial charge in [0.15, 0.2) is 5.60 Å². The van der Waals surface area contributed by atoms with E-state index in [2.05, 4.69) is 6.07 Å². The van der Waals surface area contributed by atoms with E-state index in [-0.39, 0.29) is 24.1 Å². The number of aryl methyl sites for hydroxylation is 2. The lowest BCUT2D eigenvalue weighted by Crippen LogP contribution is -2.25. The molecule has 3 aromatic carbocycles. The number of halogens is 1. The van der Waals surface area contributed by atoms with Crippen LogP contribution in [0, 0.1) is 31.0 Å². The third-order valence-electron chi connectivity index (χ3n) is 7.48. The lowest BCUT2D eigenvalue weighted by molar-refractivity contribution is -0.141. The molecule has 0 bridgehead atoms. The van der Waals surface area contributed by atoms with Gasteiger partial charge in [-0.1, -0.05) is 12.1 Å². The molecule has 202 valence electrons. The lowest BCUT2D eigenvalue weighted by atomic mass is 9.90. The maximum Gasteiger partial charge on any atom is 0.306 e. The Hall–Kier alpha value is -4.05. The largest absolute Gasteiger partial charge is 0.492 e. The van der Waals surface area contributed by atoms with Crippen molar-refractivity contribution in [3.05, 3.63) is 76.1 Å². The summed E-state index contributed by atoms with van der Waals surface area (Å²) < 4.78 is 38.1. The number of carbonyl (C=O) groups is 1. The zero-order chi connectivity index (χ0) is 27.9. The Kier molecular flexibility index (Phi) is 6.98. The third kappa shape index (κ3) is 5.16. The lowest BCUT2D eigenvalue weighted by Gasteiger charge is -2.22. The standard InChI is InChI=1S/C32H32FNO5/c1-18-12-22(39-32(3,4)17-34)13-19(2)30(18)24-8-10-26(33)31-25(24)9-11-27(31)38-21-6-7-23-20(14-29(35)36-5)16-37-28(23)15-21/h6-8,10,12-13,15,20,27H,9,11,14,16H2,1-5H3/t20?,27-/m1/s1. The van der Waals surface area contributed by atoms with E-state index in [1.165, 1.54) is 13.2 Å². The first kappa shape index (κ1) is 26.6. The van der Waals surface area contributed by atoms with E-state index < -0.39 is 11.7 Å². The molecule has 1 heterocycles. The summed E-state index contributed by atoms with van der Waals surface area (Å²) in [4.78, 5) is 11.7. The van der Waals surface area contributed by atoms with Crippen molar-refractivity contribution in [2.75, 3.05) is 13.7 Å². The zero-order valence-corrected chi connectivity index (χ0v) is 22.9. The fourth-order valence-corrected chi connectivity index (χ4v) is 5.70. The van der Waals surface area contributed by atoms with Gasteiger partial charge in [0.1, 0.15) is 35.2 Å². The summed E-state index contributed by atoms with van der Waals surface area (Å²) in [5.74, 6) is 1.31. The van der Waals surface area contributed by atoms with Gasteiger partial charge in [0.25, 0.3) is 0 Å². The van der Waals surface area contributed by atoms with E-state index in [0.29, 0.717) is 42.3 Å². The highest BCUT2D eigenvalue weighted by Crippen LogP contribution is 2.45. The van der Waals surface area contributed by atoms with Gasteiger partial charge in [-0.15, -0.1) is 0 Å². The molecule has 3 aromatic rings. The number of nitriles is 1. The Morgan fingerprint density at radius 1 is 1.13 bits per heavy atom. The van der Waals surface area contributed by atoms with Gasteiger partial charge < -0.3 is 18.9 Å². The van der Waals surface area contributed by atoms with Crippen molar-refractivity contribution < 1.29 is 28.1 Å². The minimum Gasteiger partial charge on any atom is -0.492 e. The molecule has 2 aliphatic rings. The molecular weight excluding hydrogens is 497 g/mol. The number of fused-ring (bicyclic) bond motifs is 2. The van der Waals surface area contributed by atoms with Crippen molar-refractivity contribution in [1.82, 2.24) is 0 Å². The van der Waals surface area contributed by atoms with Crippen LogP contribution in [0.25, 0.3) is 11.1 Å². The number of hydrogen-bond donors (Lipinski definition) is 0. The number of nitrogens with zero attached hydrogens (tertiary/aromatic N) is 1. The predicted molar refractivity (Wildman–Crippen MR) is 145 cm³/mol. The molecule has 1 aliphatic carbocycles. The minimum atomic E-state index is -0.938. The zero-order valence-electron chi connectivity index (χ0n) is 22.9. The highest BCUT2D eigenvalue weighted by molar-refractivity contribution is 5.76. The smallest absolute Gasteiger partial charge is 0.306 e. The highest BCUT2D eigenvalue weighted by atomic mass is 19.1. The van der Waals surface area contributed by atoms with Crippen molar-refractivity contribution in [3.63, 3.8) is 0 Å². The van der Waals surface area contributed by atoms with E-state index in [1.807, 2.05) is 50.2 Å². The second-order valence-corrected chi connectivity index (χ2v) is 10.8. The van der Waals surface area contributed by atoms with E-state index >= 15 is 4.39 Å². The number of esters is 1. The molecule has 0 radical (unpaired) electrons. The molecule has 0 aromatic heterocycles. The Labute approximate surface area is 228 Å². The molecule has 0 fully saturated rings. The molecule has 1 aliphatic heterocycles. The maximum atomic E-state index is 15.3. The summed E-state index contributed by atoms with van der Waals surface area (Å²) in [6.07, 6.45) is 1.18. The van der Waals surface area contributed by atoms with Crippen LogP contribution >= 0.6 is 0 Å². The fourth-order valence-electron chi connectivity index (χ4n) is 5.70. The average molecular weight is 530 g/mol. The first-order valence-corrected chi connectivity index (χ1v) is 13.1. The van der Waals surface area contributed by atoms with Gasteiger partial charge in [-0.3, -0.25) is 4.79 Å². The predicted octanol–water partition coefficient (Wildman–Crippen LogP) is 6.90. The molecule has 39 heavy (non-hydrogen) atoms. The van der Waals surface area contributed by atoms with Crippen molar-refractivity contribution in [2.45, 2.75) is 64.6 Å². The van der Waals surface area contributed by atoms with Crippen LogP contribution in [0.15, 0.2) is 42.5 Å². The molecule has 0 amide bonds. The van der Waals surface area contributed by atoms with Gasteiger partial charge in [-0.25, -0.2) is 4.39 Å². The van der Waals surface area contributed by atoms with Gasteiger partial charge in [0.05, 0.1) is 20.1 Å². The fraction of sp³-hybridized carbons (Fsp3) is 0.375. The van der Waals surface area contributed by atoms with Crippen LogP contribution < -0.4 is 14.2 Å². The number of hydrogen-bond acceptors (Lipinski definition) is 6. The SMILES string of the molecule is COC(=O)CC1COc2cc(O[C@@H]3CCc4c(-c5c(C)cc(OC(C)(C)C#N)cc5C)ccc(F)c43)ccc21. The van der Waals surface area contributed by atoms with Crippen LogP contribution in [0.5, 0.6) is 17.2 Å². The molecule has 0 spiro atoms. The van der Waals surface area contributed by atoms with Crippen molar-refractivity contribution in [1.29, 1.82) is 5.26 Å². The second-order valence-electron chi connectivity index (χ2n) is 10.8. The quantitative estimate of drug-likeness (QED) is 0.310. The van der Waals surface area contributed by atoms with Crippen molar-refractivity contribution in [2.24, 2.45) is 0 Å². The number of carbonyl (C=O) groups excluding carboxylic acids is 1. The summed E-state index contributed by atoms with van der Waals surface area (Å²) in [5.41, 5.74) is 5.56. The first-order chi connectivity index (χ1) is 18.6. The molecule has 0 saturated carbocycles. The van der Waals surface area contributed by atoms with E-state index in [0.717, 1.165) is 33.4 Å². The van der Waals surface area contributed by atoms with Gasteiger partial charge in [-0.2, -0.15) is 5.26 Å². The summed E-state index contributed by atoms with van der Waals surface area (Å²) >= 11 is 0. The van der Waals surface area contributed by atoms with Crippen LogP contribution in [-0.4, -0.2) is 25.3 Å². The molecule has 2 atom stereocenters. The van der Waals surface area contributed by atoms with Crippen LogP contribution in [0.3, 0.4) is 0 Å². The van der Waals surface area contributed by atoms with Gasteiger partial charge >= 0.3 is 5.97 Å². The summed E-state index contributed by atoms with van der Waals surface area (Å²) in [5, 5.41) is 9.34. The Morgan fingerprint density at radius 3 is 2.56 bits per heavy atom. The van der Waals surface area contributed by atoms with Crippen molar-refractivity contribution in [3.8, 4) is 34.4 Å². The molecule has 0 N–H and O–H groups in total. The molecule has 1 unspecified atom stereocenters. The van der Waals surface area contributed by atoms with Gasteiger partial charge in [0.2, 0.25) is 0 Å². The normalized spacial score (nSPS) is 17.6. The van der Waals surface area contributed by atoms with E-state index in [9.17, 15) is 10.1 Å². The Bertz CT molecular complexity index is 1470. The van der Waals surface area contributed by atoms with E-state index in [1.54, 1.807) is 13.8 Å². The maximum absolute atomic E-state index is 15.3. The number of methoxy groups -OCH3 is 1. The third-order valence-corrected chi connectivity index (χ3v) is 7.48. The number of rotatable bonds is 7. The molecule has 6 nitrogen and oxygen atoms in total. The monoisotopic (exact) mass is 529 g/mol. The highest BCUT2D eigenvalue weighted by Gasteiger charge is 2.32. The molecule has 5 rings (SSSR count). The molecular formula is C32H32FNO5. The summed E-state index contributed by atoms with van der Waals surface area (Å²) in [6, 6.07) is 15.0. The topological polar surface area (TPSA) is 77.8 Å². The molecule has 0 saturated heterocycles. The van der Waals surface area contributed by atoms with Crippen LogP contribution in [-0.2, 0) is 16.0 Å². The summed E-state index contributed by atoms with van der Waals surface area (Å²) in [6.45, 7) is 7.88. The van der Waals surface area contributed by atoms with Crippen LogP contribution in [0.2, 0.25) is 0 Å². The summed E-state index contributed by atoms with van der Waals surface area (Å²) in [7, 11) is 1.38. The van der Waals surface area contributed by atoms with Crippen LogP contribution in [0.4, 0.5) is 4.39 Å². The second kappa shape index (κ2) is 10.3.